The number of H-pyrrole nitrogens is 1. The largest absolute Gasteiger partial charge is 0.335 e. The Labute approximate surface area is 203 Å². The number of nitrogens with zero attached hydrogens (tertiary/aromatic N) is 2. The molecule has 0 spiro atoms. The number of fused-ring (bicyclic) bond motifs is 1. The lowest BCUT2D eigenvalue weighted by molar-refractivity contribution is -0.123. The molecule has 3 N–H and O–H groups in total. The molecular weight excluding hydrogens is 498 g/mol. The Hall–Kier alpha value is -4.11. The molecule has 0 saturated carbocycles. The van der Waals surface area contributed by atoms with E-state index in [1.54, 1.807) is 61.5 Å². The number of hydrogen-bond donors (Lipinski definition) is 3. The average Bonchev–Trinajstić information content (AvgIpc) is 2.87. The van der Waals surface area contributed by atoms with Crippen molar-refractivity contribution in [3.63, 3.8) is 0 Å². The molecule has 0 aliphatic heterocycles. The lowest BCUT2D eigenvalue weighted by Gasteiger charge is -2.18. The van der Waals surface area contributed by atoms with Crippen LogP contribution in [0.25, 0.3) is 10.8 Å². The second-order valence-corrected chi connectivity index (χ2v) is 8.36. The summed E-state index contributed by atoms with van der Waals surface area (Å²) in [6, 6.07) is 21.5. The number of hydrazone groups is 1. The van der Waals surface area contributed by atoms with E-state index in [9.17, 15) is 14.4 Å². The van der Waals surface area contributed by atoms with E-state index in [4.69, 9.17) is 0 Å². The number of amides is 2. The van der Waals surface area contributed by atoms with Crippen LogP contribution in [0.3, 0.4) is 0 Å². The van der Waals surface area contributed by atoms with Gasteiger partial charge in [-0.05, 0) is 42.8 Å². The number of halogens is 1. The Kier molecular flexibility index (Phi) is 6.93. The van der Waals surface area contributed by atoms with Crippen molar-refractivity contribution < 1.29 is 9.59 Å². The van der Waals surface area contributed by atoms with Crippen LogP contribution in [0, 0.1) is 0 Å². The Balaban J connectivity index is 1.70. The standard InChI is InChI=1S/C25H20BrN5O3/c1-15(17-10-7-11-18(26)14-17)28-31-25(34)22(27-23(32)16-8-3-2-4-9-16)21-19-12-5-6-13-20(19)24(33)30-29-21/h2-14,22H,1H3,(H,27,32)(H,30,33)(H,31,34)/t22-/m1/s1. The molecule has 4 rings (SSSR count). The minimum absolute atomic E-state index is 0.201. The molecule has 3 aromatic carbocycles. The molecule has 1 atom stereocenters. The highest BCUT2D eigenvalue weighted by Gasteiger charge is 2.27. The maximum absolute atomic E-state index is 13.3. The molecule has 1 aromatic heterocycles. The highest BCUT2D eigenvalue weighted by atomic mass is 79.9. The minimum Gasteiger partial charge on any atom is -0.335 e. The Morgan fingerprint density at radius 1 is 0.941 bits per heavy atom. The van der Waals surface area contributed by atoms with Gasteiger partial charge in [0.25, 0.3) is 17.4 Å². The lowest BCUT2D eigenvalue weighted by Crippen LogP contribution is -2.40. The number of carbonyl (C=O) groups excluding carboxylic acids is 2. The zero-order valence-electron chi connectivity index (χ0n) is 18.1. The normalized spacial score (nSPS) is 12.2. The molecule has 8 nitrogen and oxygen atoms in total. The molecule has 0 aliphatic rings. The van der Waals surface area contributed by atoms with Gasteiger partial charge in [-0.3, -0.25) is 14.4 Å². The molecule has 9 heteroatoms. The maximum atomic E-state index is 13.3. The summed E-state index contributed by atoms with van der Waals surface area (Å²) in [4.78, 5) is 38.4. The summed E-state index contributed by atoms with van der Waals surface area (Å²) in [6.45, 7) is 1.76. The fraction of sp³-hybridized carbons (Fsp3) is 0.0800. The number of nitrogens with one attached hydrogen (secondary N) is 3. The van der Waals surface area contributed by atoms with Crippen LogP contribution < -0.4 is 16.3 Å². The third-order valence-electron chi connectivity index (χ3n) is 5.15. The van der Waals surface area contributed by atoms with E-state index in [2.05, 4.69) is 42.0 Å². The predicted molar refractivity (Wildman–Crippen MR) is 134 cm³/mol. The number of aromatic nitrogens is 2. The zero-order valence-corrected chi connectivity index (χ0v) is 19.7. The molecule has 0 bridgehead atoms. The van der Waals surface area contributed by atoms with E-state index >= 15 is 0 Å². The summed E-state index contributed by atoms with van der Waals surface area (Å²) in [5.41, 5.74) is 4.09. The third kappa shape index (κ3) is 5.10. The van der Waals surface area contributed by atoms with Gasteiger partial charge < -0.3 is 5.32 Å². The molecule has 0 unspecified atom stereocenters. The summed E-state index contributed by atoms with van der Waals surface area (Å²) in [6.07, 6.45) is 0. The van der Waals surface area contributed by atoms with Crippen molar-refractivity contribution in [3.8, 4) is 0 Å². The van der Waals surface area contributed by atoms with Gasteiger partial charge in [-0.25, -0.2) is 10.5 Å². The summed E-state index contributed by atoms with van der Waals surface area (Å²) in [5, 5.41) is 14.2. The minimum atomic E-state index is -1.21. The van der Waals surface area contributed by atoms with Crippen LogP contribution in [0.5, 0.6) is 0 Å². The molecule has 4 aromatic rings. The van der Waals surface area contributed by atoms with Gasteiger partial charge in [-0.2, -0.15) is 10.2 Å². The smallest absolute Gasteiger partial charge is 0.272 e. The summed E-state index contributed by atoms with van der Waals surface area (Å²) in [5.74, 6) is -1.08. The highest BCUT2D eigenvalue weighted by Crippen LogP contribution is 2.20. The average molecular weight is 518 g/mol. The second-order valence-electron chi connectivity index (χ2n) is 7.44. The Morgan fingerprint density at radius 3 is 2.35 bits per heavy atom. The molecule has 0 fully saturated rings. The molecule has 34 heavy (non-hydrogen) atoms. The van der Waals surface area contributed by atoms with Gasteiger partial charge in [0.15, 0.2) is 6.04 Å². The first-order valence-corrected chi connectivity index (χ1v) is 11.2. The molecule has 170 valence electrons. The number of benzene rings is 3. The van der Waals surface area contributed by atoms with Gasteiger partial charge in [0, 0.05) is 15.4 Å². The van der Waals surface area contributed by atoms with Crippen molar-refractivity contribution in [2.45, 2.75) is 13.0 Å². The van der Waals surface area contributed by atoms with Gasteiger partial charge in [-0.15, -0.1) is 0 Å². The van der Waals surface area contributed by atoms with Crippen LogP contribution in [0.2, 0.25) is 0 Å². The predicted octanol–water partition coefficient (Wildman–Crippen LogP) is 3.70. The van der Waals surface area contributed by atoms with E-state index in [1.165, 1.54) is 0 Å². The first-order chi connectivity index (χ1) is 16.4. The van der Waals surface area contributed by atoms with Crippen molar-refractivity contribution in [1.82, 2.24) is 20.9 Å². The zero-order chi connectivity index (χ0) is 24.1. The molecule has 2 amide bonds. The monoisotopic (exact) mass is 517 g/mol. The first-order valence-electron chi connectivity index (χ1n) is 10.4. The van der Waals surface area contributed by atoms with Crippen molar-refractivity contribution in [2.75, 3.05) is 0 Å². The van der Waals surface area contributed by atoms with Crippen molar-refractivity contribution in [1.29, 1.82) is 0 Å². The van der Waals surface area contributed by atoms with E-state index in [0.29, 0.717) is 22.0 Å². The van der Waals surface area contributed by atoms with E-state index in [0.717, 1.165) is 10.0 Å². The van der Waals surface area contributed by atoms with Crippen LogP contribution in [0.1, 0.15) is 34.6 Å². The maximum Gasteiger partial charge on any atom is 0.272 e. The highest BCUT2D eigenvalue weighted by molar-refractivity contribution is 9.10. The fourth-order valence-corrected chi connectivity index (χ4v) is 3.80. The number of hydrogen-bond acceptors (Lipinski definition) is 5. The van der Waals surface area contributed by atoms with Crippen molar-refractivity contribution in [3.05, 3.63) is 111 Å². The van der Waals surface area contributed by atoms with Gasteiger partial charge in [-0.1, -0.05) is 64.5 Å². The Morgan fingerprint density at radius 2 is 1.62 bits per heavy atom. The molecular formula is C25H20BrN5O3. The van der Waals surface area contributed by atoms with E-state index in [1.807, 2.05) is 24.3 Å². The van der Waals surface area contributed by atoms with Crippen LogP contribution in [-0.2, 0) is 4.79 Å². The van der Waals surface area contributed by atoms with Crippen LogP contribution in [-0.4, -0.2) is 27.7 Å². The topological polar surface area (TPSA) is 116 Å². The van der Waals surface area contributed by atoms with Crippen LogP contribution in [0.15, 0.2) is 93.2 Å². The van der Waals surface area contributed by atoms with E-state index in [-0.39, 0.29) is 5.69 Å². The Bertz CT molecular complexity index is 1450. The summed E-state index contributed by atoms with van der Waals surface area (Å²) in [7, 11) is 0. The van der Waals surface area contributed by atoms with Crippen LogP contribution in [0.4, 0.5) is 0 Å². The van der Waals surface area contributed by atoms with Gasteiger partial charge in [0.1, 0.15) is 5.69 Å². The van der Waals surface area contributed by atoms with Gasteiger partial charge >= 0.3 is 0 Å². The van der Waals surface area contributed by atoms with Gasteiger partial charge in [0.2, 0.25) is 0 Å². The van der Waals surface area contributed by atoms with Crippen molar-refractivity contribution in [2.24, 2.45) is 5.10 Å². The number of aromatic amines is 1. The molecule has 0 aliphatic carbocycles. The first kappa shape index (κ1) is 23.1. The van der Waals surface area contributed by atoms with Crippen molar-refractivity contribution >= 4 is 44.2 Å². The fourth-order valence-electron chi connectivity index (χ4n) is 3.40. The third-order valence-corrected chi connectivity index (χ3v) is 5.64. The van der Waals surface area contributed by atoms with E-state index < -0.39 is 23.4 Å². The quantitative estimate of drug-likeness (QED) is 0.267. The SMILES string of the molecule is CC(=NNC(=O)[C@H](NC(=O)c1ccccc1)c1n[nH]c(=O)c2ccccc12)c1cccc(Br)c1. The lowest BCUT2D eigenvalue weighted by atomic mass is 10.0. The molecule has 0 saturated heterocycles. The number of rotatable bonds is 6. The summed E-state index contributed by atoms with van der Waals surface area (Å²) < 4.78 is 0.878. The number of carbonyl (C=O) groups is 2. The molecule has 1 heterocycles. The van der Waals surface area contributed by atoms with Gasteiger partial charge in [0.05, 0.1) is 11.1 Å². The molecule has 0 radical (unpaired) electrons. The summed E-state index contributed by atoms with van der Waals surface area (Å²) >= 11 is 3.42. The van der Waals surface area contributed by atoms with Crippen LogP contribution >= 0.6 is 15.9 Å². The second kappa shape index (κ2) is 10.2.